The Balaban J connectivity index is 4.71. The van der Waals surface area contributed by atoms with Crippen LogP contribution >= 0.6 is 0 Å². The van der Waals surface area contributed by atoms with Crippen LogP contribution in [-0.2, 0) is 28.8 Å². The molecule has 0 saturated carbocycles. The van der Waals surface area contributed by atoms with Crippen LogP contribution in [-0.4, -0.2) is 90.9 Å². The number of carbonyl (C=O) groups excluding carboxylic acids is 6. The van der Waals surface area contributed by atoms with Crippen molar-refractivity contribution in [1.82, 2.24) is 26.2 Å². The van der Waals surface area contributed by atoms with E-state index in [1.165, 1.54) is 76.7 Å². The number of carbonyl (C=O) groups is 6. The fourth-order valence-electron chi connectivity index (χ4n) is 5.48. The van der Waals surface area contributed by atoms with Crippen LogP contribution in [0.2, 0.25) is 0 Å². The quantitative estimate of drug-likeness (QED) is 0.0646. The van der Waals surface area contributed by atoms with Gasteiger partial charge in [0, 0.05) is 26.2 Å². The summed E-state index contributed by atoms with van der Waals surface area (Å²) in [6.45, 7) is 10.5. The van der Waals surface area contributed by atoms with E-state index in [9.17, 15) is 28.8 Å². The molecule has 0 fully saturated rings. The molecule has 0 aromatic rings. The molecule has 0 rings (SSSR count). The highest BCUT2D eigenvalue weighted by Crippen LogP contribution is 2.13. The number of nitrogens with two attached hydrogens (primary N) is 1. The normalized spacial score (nSPS) is 13.9. The zero-order valence-corrected chi connectivity index (χ0v) is 31.6. The molecule has 0 bridgehead atoms. The third-order valence-electron chi connectivity index (χ3n) is 8.78. The second kappa shape index (κ2) is 26.4. The van der Waals surface area contributed by atoms with E-state index in [0.29, 0.717) is 6.42 Å². The first-order valence-electron chi connectivity index (χ1n) is 18.3. The van der Waals surface area contributed by atoms with E-state index in [0.717, 1.165) is 25.0 Å². The number of nitrogens with one attached hydrogen (secondary N) is 4. The number of primary amides is 1. The van der Waals surface area contributed by atoms with E-state index in [1.807, 2.05) is 13.8 Å². The van der Waals surface area contributed by atoms with Crippen molar-refractivity contribution in [3.63, 3.8) is 0 Å². The van der Waals surface area contributed by atoms with E-state index in [1.54, 1.807) is 20.9 Å². The Morgan fingerprint density at radius 3 is 1.65 bits per heavy atom. The molecule has 13 nitrogen and oxygen atoms in total. The van der Waals surface area contributed by atoms with Crippen LogP contribution in [0, 0.1) is 5.92 Å². The molecular formula is C36H67N7O6. The number of unbranched alkanes of at least 4 members (excludes halogenated alkanes) is 12. The summed E-state index contributed by atoms with van der Waals surface area (Å²) >= 11 is 0. The highest BCUT2D eigenvalue weighted by Gasteiger charge is 2.31. The third-order valence-corrected chi connectivity index (χ3v) is 8.78. The van der Waals surface area contributed by atoms with Crippen LogP contribution in [0.3, 0.4) is 0 Å². The molecule has 0 aliphatic heterocycles. The minimum atomic E-state index is -1.23. The Morgan fingerprint density at radius 1 is 0.694 bits per heavy atom. The number of hydrogen-bond donors (Lipinski definition) is 5. The maximum Gasteiger partial charge on any atom is 0.243 e. The zero-order chi connectivity index (χ0) is 37.4. The van der Waals surface area contributed by atoms with Gasteiger partial charge in [-0.05, 0) is 33.1 Å². The predicted octanol–water partition coefficient (Wildman–Crippen LogP) is 3.53. The molecular weight excluding hydrogens is 626 g/mol. The number of likely N-dealkylation sites (N-methyl/N-ethyl adjacent to an activating group) is 1. The summed E-state index contributed by atoms with van der Waals surface area (Å²) in [5, 5.41) is 10.4. The Morgan fingerprint density at radius 2 is 1.18 bits per heavy atom. The summed E-state index contributed by atoms with van der Waals surface area (Å²) in [4.78, 5) is 81.1. The fraction of sp³-hybridized carbons (Fsp3) is 0.806. The summed E-state index contributed by atoms with van der Waals surface area (Å²) in [5.74, 6) is -3.59. The minimum Gasteiger partial charge on any atom is -0.370 e. The summed E-state index contributed by atoms with van der Waals surface area (Å²) in [7, 11) is 3.12. The van der Waals surface area contributed by atoms with Gasteiger partial charge in [-0.25, -0.2) is 0 Å². The van der Waals surface area contributed by atoms with Crippen molar-refractivity contribution in [3.05, 3.63) is 0 Å². The number of hydrogen-bond acceptors (Lipinski definition) is 7. The molecule has 4 unspecified atom stereocenters. The number of aliphatic imine (C=N–C) groups is 1. The molecule has 0 aliphatic carbocycles. The summed E-state index contributed by atoms with van der Waals surface area (Å²) in [5.41, 5.74) is 6.06. The van der Waals surface area contributed by atoms with Gasteiger partial charge in [-0.1, -0.05) is 97.8 Å². The van der Waals surface area contributed by atoms with Gasteiger partial charge in [0.1, 0.15) is 18.1 Å². The lowest BCUT2D eigenvalue weighted by Gasteiger charge is -2.31. The highest BCUT2D eigenvalue weighted by atomic mass is 16.2. The van der Waals surface area contributed by atoms with E-state index >= 15 is 0 Å². The zero-order valence-electron chi connectivity index (χ0n) is 31.6. The van der Waals surface area contributed by atoms with Crippen LogP contribution in [0.1, 0.15) is 138 Å². The van der Waals surface area contributed by atoms with Crippen molar-refractivity contribution in [3.8, 4) is 0 Å². The first-order valence-corrected chi connectivity index (χ1v) is 18.3. The molecule has 49 heavy (non-hydrogen) atoms. The van der Waals surface area contributed by atoms with Crippen LogP contribution in [0.4, 0.5) is 0 Å². The summed E-state index contributed by atoms with van der Waals surface area (Å²) in [6, 6.07) is -3.41. The van der Waals surface area contributed by atoms with E-state index in [2.05, 4.69) is 33.2 Å². The maximum atomic E-state index is 13.0. The lowest BCUT2D eigenvalue weighted by Crippen LogP contribution is -2.56. The minimum absolute atomic E-state index is 0.212. The van der Waals surface area contributed by atoms with Gasteiger partial charge in [0.15, 0.2) is 0 Å². The van der Waals surface area contributed by atoms with Gasteiger partial charge in [-0.15, -0.1) is 0 Å². The highest BCUT2D eigenvalue weighted by molar-refractivity contribution is 5.96. The second-order valence-corrected chi connectivity index (χ2v) is 13.5. The van der Waals surface area contributed by atoms with Crippen molar-refractivity contribution >= 4 is 41.2 Å². The summed E-state index contributed by atoms with van der Waals surface area (Å²) in [6.07, 6.45) is 15.2. The van der Waals surface area contributed by atoms with Crippen molar-refractivity contribution < 1.29 is 28.8 Å². The van der Waals surface area contributed by atoms with Gasteiger partial charge in [0.05, 0.1) is 19.0 Å². The number of nitrogens with zero attached hydrogens (tertiary/aromatic N) is 2. The van der Waals surface area contributed by atoms with Gasteiger partial charge in [0.2, 0.25) is 35.4 Å². The molecule has 0 aliphatic rings. The molecule has 0 heterocycles. The van der Waals surface area contributed by atoms with Crippen molar-refractivity contribution in [2.45, 2.75) is 162 Å². The van der Waals surface area contributed by atoms with Gasteiger partial charge >= 0.3 is 0 Å². The van der Waals surface area contributed by atoms with Crippen molar-refractivity contribution in [2.75, 3.05) is 20.6 Å². The molecule has 4 atom stereocenters. The van der Waals surface area contributed by atoms with Gasteiger partial charge in [-0.3, -0.25) is 33.8 Å². The molecule has 0 aromatic carbocycles. The van der Waals surface area contributed by atoms with Gasteiger partial charge in [0.25, 0.3) is 0 Å². The first-order chi connectivity index (χ1) is 23.2. The van der Waals surface area contributed by atoms with Crippen LogP contribution in [0.5, 0.6) is 0 Å². The standard InChI is InChI=1S/C36H67N7O6/c1-9-10-11-12-13-14-15-16-17-18-19-20-21-22-31(45)42-29(23-30(37)44)35(48)41-28(6)34(47)39-24-32(46)43(8)33(25(2)3)36(49)40-27(5)26(4)38-7/h25,27-29,33H,9-24H2,1-8H3,(H2,37,44)(H,39,47)(H,40,49)(H,41,48)(H,42,45). The Hall–Kier alpha value is -3.51. The molecule has 0 aromatic heterocycles. The topological polar surface area (TPSA) is 192 Å². The predicted molar refractivity (Wildman–Crippen MR) is 195 cm³/mol. The number of rotatable bonds is 27. The second-order valence-electron chi connectivity index (χ2n) is 13.5. The third kappa shape index (κ3) is 20.6. The Labute approximate surface area is 295 Å². The lowest BCUT2D eigenvalue weighted by molar-refractivity contribution is -0.141. The van der Waals surface area contributed by atoms with Gasteiger partial charge in [-0.2, -0.15) is 0 Å². The molecule has 13 heteroatoms. The molecule has 0 radical (unpaired) electrons. The molecule has 0 saturated heterocycles. The largest absolute Gasteiger partial charge is 0.370 e. The lowest BCUT2D eigenvalue weighted by atomic mass is 10.0. The average molecular weight is 694 g/mol. The molecule has 282 valence electrons. The van der Waals surface area contributed by atoms with Crippen molar-refractivity contribution in [2.24, 2.45) is 16.6 Å². The Bertz CT molecular complexity index is 1060. The maximum absolute atomic E-state index is 13.0. The molecule has 6 amide bonds. The number of amides is 6. The average Bonchev–Trinajstić information content (AvgIpc) is 3.04. The van der Waals surface area contributed by atoms with Crippen LogP contribution in [0.25, 0.3) is 0 Å². The van der Waals surface area contributed by atoms with Crippen molar-refractivity contribution in [1.29, 1.82) is 0 Å². The van der Waals surface area contributed by atoms with Crippen LogP contribution < -0.4 is 27.0 Å². The monoisotopic (exact) mass is 694 g/mol. The fourth-order valence-corrected chi connectivity index (χ4v) is 5.48. The molecule has 6 N–H and O–H groups in total. The first kappa shape index (κ1) is 45.5. The van der Waals surface area contributed by atoms with E-state index in [4.69, 9.17) is 5.73 Å². The smallest absolute Gasteiger partial charge is 0.243 e. The van der Waals surface area contributed by atoms with Crippen LogP contribution in [0.15, 0.2) is 4.99 Å². The van der Waals surface area contributed by atoms with Gasteiger partial charge < -0.3 is 31.9 Å². The SMILES string of the molecule is CCCCCCCCCCCCCCCC(=O)NC(CC(N)=O)C(=O)NC(C)C(=O)NCC(=O)N(C)C(C(=O)NC(C)C(C)=NC)C(C)C. The Kier molecular flexibility index (Phi) is 24.5. The summed E-state index contributed by atoms with van der Waals surface area (Å²) < 4.78 is 0. The van der Waals surface area contributed by atoms with E-state index < -0.39 is 54.7 Å². The van der Waals surface area contributed by atoms with E-state index in [-0.39, 0.29) is 30.2 Å². The molecule has 0 spiro atoms.